The quantitative estimate of drug-likeness (QED) is 0.738. The number of imidazole rings is 1. The highest BCUT2D eigenvalue weighted by Gasteiger charge is 2.12. The van der Waals surface area contributed by atoms with Gasteiger partial charge >= 0.3 is 0 Å². The Morgan fingerprint density at radius 1 is 1.26 bits per heavy atom. The second-order valence-corrected chi connectivity index (χ2v) is 5.10. The summed E-state index contributed by atoms with van der Waals surface area (Å²) >= 11 is 1.44. The molecule has 3 rings (SSSR count). The molecule has 6 heteroatoms. The maximum absolute atomic E-state index is 5.82. The Labute approximate surface area is 114 Å². The molecule has 0 amide bonds. The minimum atomic E-state index is 0.430. The highest BCUT2D eigenvalue weighted by molar-refractivity contribution is 7.99. The summed E-state index contributed by atoms with van der Waals surface area (Å²) in [6.07, 6.45) is 5.56. The summed E-state index contributed by atoms with van der Waals surface area (Å²) < 4.78 is 2.00. The van der Waals surface area contributed by atoms with Crippen LogP contribution in [0, 0.1) is 6.92 Å². The fourth-order valence-corrected chi connectivity index (χ4v) is 2.63. The van der Waals surface area contributed by atoms with Gasteiger partial charge in [0.25, 0.3) is 0 Å². The summed E-state index contributed by atoms with van der Waals surface area (Å²) in [6.45, 7) is 2.39. The van der Waals surface area contributed by atoms with Crippen molar-refractivity contribution in [2.24, 2.45) is 5.73 Å². The van der Waals surface area contributed by atoms with Crippen molar-refractivity contribution in [3.8, 4) is 0 Å². The smallest absolute Gasteiger partial charge is 0.193 e. The van der Waals surface area contributed by atoms with E-state index in [-0.39, 0.29) is 0 Å². The molecule has 5 nitrogen and oxygen atoms in total. The molecule has 3 aromatic heterocycles. The van der Waals surface area contributed by atoms with Crippen molar-refractivity contribution in [2.45, 2.75) is 23.7 Å². The third-order valence-corrected chi connectivity index (χ3v) is 3.64. The second kappa shape index (κ2) is 4.99. The van der Waals surface area contributed by atoms with Gasteiger partial charge < -0.3 is 10.1 Å². The maximum atomic E-state index is 5.82. The molecule has 0 aliphatic heterocycles. The standard InChI is InChI=1S/C13H13N5S/c1-9-7-15-13(16-8-9)19-12-10(6-14)18-5-3-2-4-11(18)17-12/h2-5,7-8H,6,14H2,1H3. The van der Waals surface area contributed by atoms with Crippen LogP contribution in [0.1, 0.15) is 11.3 Å². The SMILES string of the molecule is Cc1cnc(Sc2nc3ccccn3c2CN)nc1. The first-order chi connectivity index (χ1) is 9.28. The molecular formula is C13H13N5S. The topological polar surface area (TPSA) is 69.1 Å². The lowest BCUT2D eigenvalue weighted by Crippen LogP contribution is -2.02. The molecule has 0 saturated carbocycles. The molecule has 2 N–H and O–H groups in total. The largest absolute Gasteiger partial charge is 0.325 e. The Kier molecular flexibility index (Phi) is 3.18. The summed E-state index contributed by atoms with van der Waals surface area (Å²) in [5, 5.41) is 1.54. The molecule has 0 atom stereocenters. The number of rotatable bonds is 3. The third kappa shape index (κ3) is 2.32. The zero-order chi connectivity index (χ0) is 13.2. The fourth-order valence-electron chi connectivity index (χ4n) is 1.81. The average molecular weight is 271 g/mol. The van der Waals surface area contributed by atoms with Crippen LogP contribution in [0.3, 0.4) is 0 Å². The molecule has 0 fully saturated rings. The van der Waals surface area contributed by atoms with E-state index in [0.29, 0.717) is 11.7 Å². The lowest BCUT2D eigenvalue weighted by atomic mass is 10.4. The van der Waals surface area contributed by atoms with E-state index in [1.54, 1.807) is 12.4 Å². The summed E-state index contributed by atoms with van der Waals surface area (Å²) in [4.78, 5) is 13.1. The molecule has 19 heavy (non-hydrogen) atoms. The van der Waals surface area contributed by atoms with Crippen molar-refractivity contribution in [3.05, 3.63) is 48.0 Å². The lowest BCUT2D eigenvalue weighted by molar-refractivity contribution is 0.909. The van der Waals surface area contributed by atoms with Gasteiger partial charge in [-0.25, -0.2) is 15.0 Å². The molecule has 3 heterocycles. The third-order valence-electron chi connectivity index (χ3n) is 2.73. The molecule has 0 spiro atoms. The molecule has 0 aromatic carbocycles. The van der Waals surface area contributed by atoms with E-state index in [1.807, 2.05) is 35.7 Å². The fraction of sp³-hybridized carbons (Fsp3) is 0.154. The first-order valence-electron chi connectivity index (χ1n) is 5.90. The van der Waals surface area contributed by atoms with Crippen LogP contribution < -0.4 is 5.73 Å². The van der Waals surface area contributed by atoms with Gasteiger partial charge in [0.05, 0.1) is 5.69 Å². The Morgan fingerprint density at radius 2 is 2.05 bits per heavy atom. The van der Waals surface area contributed by atoms with E-state index in [0.717, 1.165) is 21.9 Å². The van der Waals surface area contributed by atoms with Crippen molar-refractivity contribution >= 4 is 17.4 Å². The predicted octanol–water partition coefficient (Wildman–Crippen LogP) is 2.04. The van der Waals surface area contributed by atoms with E-state index in [2.05, 4.69) is 15.0 Å². The Bertz CT molecular complexity index is 705. The summed E-state index contributed by atoms with van der Waals surface area (Å²) in [5.41, 5.74) is 8.73. The van der Waals surface area contributed by atoms with E-state index < -0.39 is 0 Å². The number of aromatic nitrogens is 4. The lowest BCUT2D eigenvalue weighted by Gasteiger charge is -2.01. The van der Waals surface area contributed by atoms with Crippen LogP contribution in [0.2, 0.25) is 0 Å². The molecule has 0 unspecified atom stereocenters. The number of pyridine rings is 1. The zero-order valence-corrected chi connectivity index (χ0v) is 11.3. The molecular weight excluding hydrogens is 258 g/mol. The summed E-state index contributed by atoms with van der Waals surface area (Å²) in [6, 6.07) is 5.88. The van der Waals surface area contributed by atoms with Gasteiger partial charge in [0.2, 0.25) is 0 Å². The normalized spacial score (nSPS) is 11.1. The second-order valence-electron chi connectivity index (χ2n) is 4.14. The van der Waals surface area contributed by atoms with Gasteiger partial charge in [0, 0.05) is 25.1 Å². The van der Waals surface area contributed by atoms with Gasteiger partial charge in [-0.15, -0.1) is 0 Å². The molecule has 0 radical (unpaired) electrons. The highest BCUT2D eigenvalue weighted by atomic mass is 32.2. The Morgan fingerprint density at radius 3 is 2.79 bits per heavy atom. The molecule has 0 saturated heterocycles. The number of hydrogen-bond donors (Lipinski definition) is 1. The average Bonchev–Trinajstić information content (AvgIpc) is 2.78. The van der Waals surface area contributed by atoms with E-state index in [4.69, 9.17) is 5.73 Å². The predicted molar refractivity (Wildman–Crippen MR) is 74.0 cm³/mol. The summed E-state index contributed by atoms with van der Waals surface area (Å²) in [7, 11) is 0. The van der Waals surface area contributed by atoms with Crippen LogP contribution in [0.5, 0.6) is 0 Å². The number of fused-ring (bicyclic) bond motifs is 1. The maximum Gasteiger partial charge on any atom is 0.193 e. The highest BCUT2D eigenvalue weighted by Crippen LogP contribution is 2.27. The van der Waals surface area contributed by atoms with E-state index in [9.17, 15) is 0 Å². The van der Waals surface area contributed by atoms with Crippen LogP contribution in [-0.4, -0.2) is 19.4 Å². The van der Waals surface area contributed by atoms with Crippen molar-refractivity contribution in [2.75, 3.05) is 0 Å². The van der Waals surface area contributed by atoms with Gasteiger partial charge in [0.15, 0.2) is 5.16 Å². The molecule has 0 bridgehead atoms. The minimum absolute atomic E-state index is 0.430. The van der Waals surface area contributed by atoms with Gasteiger partial charge in [0.1, 0.15) is 10.7 Å². The van der Waals surface area contributed by atoms with Crippen molar-refractivity contribution in [3.63, 3.8) is 0 Å². The minimum Gasteiger partial charge on any atom is -0.325 e. The molecule has 0 aliphatic carbocycles. The monoisotopic (exact) mass is 271 g/mol. The van der Waals surface area contributed by atoms with Crippen LogP contribution in [0.4, 0.5) is 0 Å². The van der Waals surface area contributed by atoms with E-state index >= 15 is 0 Å². The van der Waals surface area contributed by atoms with Crippen LogP contribution in [0.25, 0.3) is 5.65 Å². The van der Waals surface area contributed by atoms with Gasteiger partial charge in [-0.2, -0.15) is 0 Å². The first-order valence-corrected chi connectivity index (χ1v) is 6.72. The number of hydrogen-bond acceptors (Lipinski definition) is 5. The van der Waals surface area contributed by atoms with Gasteiger partial charge in [-0.3, -0.25) is 0 Å². The number of nitrogens with zero attached hydrogens (tertiary/aromatic N) is 4. The van der Waals surface area contributed by atoms with Crippen molar-refractivity contribution < 1.29 is 0 Å². The van der Waals surface area contributed by atoms with E-state index in [1.165, 1.54) is 11.8 Å². The molecule has 3 aromatic rings. The van der Waals surface area contributed by atoms with Crippen LogP contribution >= 0.6 is 11.8 Å². The molecule has 96 valence electrons. The van der Waals surface area contributed by atoms with Crippen LogP contribution in [-0.2, 0) is 6.54 Å². The van der Waals surface area contributed by atoms with Crippen molar-refractivity contribution in [1.29, 1.82) is 0 Å². The van der Waals surface area contributed by atoms with Crippen LogP contribution in [0.15, 0.2) is 47.0 Å². The summed E-state index contributed by atoms with van der Waals surface area (Å²) in [5.74, 6) is 0. The zero-order valence-electron chi connectivity index (χ0n) is 10.4. The number of nitrogens with two attached hydrogens (primary N) is 1. The Balaban J connectivity index is 2.02. The van der Waals surface area contributed by atoms with Crippen molar-refractivity contribution in [1.82, 2.24) is 19.4 Å². The number of aryl methyl sites for hydroxylation is 1. The Hall–Kier alpha value is -1.92. The van der Waals surface area contributed by atoms with Gasteiger partial charge in [-0.1, -0.05) is 6.07 Å². The van der Waals surface area contributed by atoms with Gasteiger partial charge in [-0.05, 0) is 36.4 Å². The first kappa shape index (κ1) is 12.1. The molecule has 0 aliphatic rings.